The van der Waals surface area contributed by atoms with E-state index in [9.17, 15) is 0 Å². The van der Waals surface area contributed by atoms with Crippen molar-refractivity contribution in [2.45, 2.75) is 33.6 Å². The molecule has 1 aliphatic rings. The highest BCUT2D eigenvalue weighted by Gasteiger charge is 2.28. The second-order valence-corrected chi connectivity index (χ2v) is 7.75. The zero-order valence-corrected chi connectivity index (χ0v) is 16.0. The second-order valence-electron chi connectivity index (χ2n) is 7.75. The lowest BCUT2D eigenvalue weighted by molar-refractivity contribution is 0.124. The maximum atomic E-state index is 6.35. The summed E-state index contributed by atoms with van der Waals surface area (Å²) < 4.78 is 8.28. The highest BCUT2D eigenvalue weighted by Crippen LogP contribution is 2.38. The van der Waals surface area contributed by atoms with Gasteiger partial charge in [-0.2, -0.15) is 5.10 Å². The van der Waals surface area contributed by atoms with Crippen molar-refractivity contribution >= 4 is 11.0 Å². The van der Waals surface area contributed by atoms with E-state index in [1.54, 1.807) is 0 Å². The fourth-order valence-electron chi connectivity index (χ4n) is 3.93. The number of aromatic amines is 1. The van der Waals surface area contributed by atoms with Crippen LogP contribution in [-0.2, 0) is 7.05 Å². The van der Waals surface area contributed by atoms with Crippen molar-refractivity contribution in [1.82, 2.24) is 25.1 Å². The van der Waals surface area contributed by atoms with E-state index in [1.165, 1.54) is 0 Å². The van der Waals surface area contributed by atoms with Crippen LogP contribution in [0.25, 0.3) is 22.2 Å². The lowest BCUT2D eigenvalue weighted by Gasteiger charge is -2.33. The zero-order valence-electron chi connectivity index (χ0n) is 16.0. The first-order chi connectivity index (χ1) is 12.5. The summed E-state index contributed by atoms with van der Waals surface area (Å²) in [6.07, 6.45) is 6.11. The van der Waals surface area contributed by atoms with E-state index < -0.39 is 0 Å². The number of hydrogen-bond acceptors (Lipinski definition) is 4. The molecule has 6 heteroatoms. The van der Waals surface area contributed by atoms with Crippen LogP contribution in [0.4, 0.5) is 0 Å². The minimum absolute atomic E-state index is 0.220. The van der Waals surface area contributed by atoms with Gasteiger partial charge in [0.05, 0.1) is 17.7 Å². The van der Waals surface area contributed by atoms with Gasteiger partial charge in [-0.05, 0) is 45.8 Å². The third-order valence-electron chi connectivity index (χ3n) is 5.70. The molecule has 1 aliphatic heterocycles. The maximum Gasteiger partial charge on any atom is 0.141 e. The Morgan fingerprint density at radius 1 is 1.27 bits per heavy atom. The van der Waals surface area contributed by atoms with Crippen LogP contribution in [0.5, 0.6) is 5.75 Å². The van der Waals surface area contributed by atoms with Crippen LogP contribution in [0.3, 0.4) is 0 Å². The summed E-state index contributed by atoms with van der Waals surface area (Å²) in [4.78, 5) is 7.79. The third kappa shape index (κ3) is 2.88. The first-order valence-corrected chi connectivity index (χ1v) is 9.29. The lowest BCUT2D eigenvalue weighted by Crippen LogP contribution is -2.38. The molecule has 6 nitrogen and oxygen atoms in total. The van der Waals surface area contributed by atoms with E-state index in [0.717, 1.165) is 71.8 Å². The smallest absolute Gasteiger partial charge is 0.141 e. The number of piperidine rings is 1. The van der Waals surface area contributed by atoms with Gasteiger partial charge in [0, 0.05) is 41.7 Å². The number of ether oxygens (including phenoxy) is 1. The molecule has 0 amide bonds. The summed E-state index contributed by atoms with van der Waals surface area (Å²) in [7, 11) is 1.98. The minimum atomic E-state index is 0.220. The standard InChI is InChI=1S/C20H27N5O/c1-13-17(14(2)25(4)24-13)15-11-23-19-18(15)16(5-8-22-19)26-12-20(3)6-9-21-10-7-20/h5,8,11,21H,6-7,9-10,12H2,1-4H3,(H,22,23). The van der Waals surface area contributed by atoms with Crippen LogP contribution in [0, 0.1) is 19.3 Å². The molecule has 1 saturated heterocycles. The molecule has 0 bridgehead atoms. The number of aromatic nitrogens is 4. The molecule has 4 heterocycles. The molecule has 4 rings (SSSR count). The van der Waals surface area contributed by atoms with Gasteiger partial charge in [-0.3, -0.25) is 4.68 Å². The predicted octanol–water partition coefficient (Wildman–Crippen LogP) is 3.35. The summed E-state index contributed by atoms with van der Waals surface area (Å²) in [5.74, 6) is 0.897. The van der Waals surface area contributed by atoms with Crippen LogP contribution < -0.4 is 10.1 Å². The fraction of sp³-hybridized carbons (Fsp3) is 0.500. The molecule has 2 N–H and O–H groups in total. The monoisotopic (exact) mass is 353 g/mol. The molecular formula is C20H27N5O. The number of fused-ring (bicyclic) bond motifs is 1. The molecule has 0 aliphatic carbocycles. The summed E-state index contributed by atoms with van der Waals surface area (Å²) in [6, 6.07) is 1.98. The number of pyridine rings is 1. The molecule has 0 spiro atoms. The average molecular weight is 353 g/mol. The van der Waals surface area contributed by atoms with E-state index in [4.69, 9.17) is 4.74 Å². The van der Waals surface area contributed by atoms with Crippen LogP contribution in [0.15, 0.2) is 18.5 Å². The Morgan fingerprint density at radius 3 is 2.73 bits per heavy atom. The molecular weight excluding hydrogens is 326 g/mol. The van der Waals surface area contributed by atoms with Crippen molar-refractivity contribution in [2.24, 2.45) is 12.5 Å². The maximum absolute atomic E-state index is 6.35. The number of hydrogen-bond donors (Lipinski definition) is 2. The van der Waals surface area contributed by atoms with E-state index in [0.29, 0.717) is 0 Å². The minimum Gasteiger partial charge on any atom is -0.492 e. The molecule has 0 aromatic carbocycles. The Balaban J connectivity index is 1.73. The van der Waals surface area contributed by atoms with E-state index in [-0.39, 0.29) is 5.41 Å². The van der Waals surface area contributed by atoms with Crippen molar-refractivity contribution in [2.75, 3.05) is 19.7 Å². The first kappa shape index (κ1) is 17.1. The Morgan fingerprint density at radius 2 is 2.04 bits per heavy atom. The van der Waals surface area contributed by atoms with Crippen LogP contribution in [0.1, 0.15) is 31.2 Å². The van der Waals surface area contributed by atoms with Gasteiger partial charge in [0.2, 0.25) is 0 Å². The fourth-order valence-corrected chi connectivity index (χ4v) is 3.93. The SMILES string of the molecule is Cc1nn(C)c(C)c1-c1c[nH]c2nccc(OCC3(C)CCNCC3)c12. The quantitative estimate of drug-likeness (QED) is 0.755. The van der Waals surface area contributed by atoms with Gasteiger partial charge in [-0.25, -0.2) is 4.98 Å². The van der Waals surface area contributed by atoms with Gasteiger partial charge < -0.3 is 15.0 Å². The Hall–Kier alpha value is -2.34. The van der Waals surface area contributed by atoms with Crippen LogP contribution in [0.2, 0.25) is 0 Å². The number of aryl methyl sites for hydroxylation is 2. The first-order valence-electron chi connectivity index (χ1n) is 9.29. The zero-order chi connectivity index (χ0) is 18.3. The normalized spacial score (nSPS) is 16.9. The summed E-state index contributed by atoms with van der Waals surface area (Å²) >= 11 is 0. The van der Waals surface area contributed by atoms with Crippen molar-refractivity contribution in [3.05, 3.63) is 29.8 Å². The van der Waals surface area contributed by atoms with Crippen LogP contribution in [-0.4, -0.2) is 39.4 Å². The molecule has 0 radical (unpaired) electrons. The second kappa shape index (κ2) is 6.43. The van der Waals surface area contributed by atoms with Gasteiger partial charge in [-0.1, -0.05) is 6.92 Å². The number of nitrogens with zero attached hydrogens (tertiary/aromatic N) is 3. The largest absolute Gasteiger partial charge is 0.492 e. The summed E-state index contributed by atoms with van der Waals surface area (Å²) in [5.41, 5.74) is 5.51. The molecule has 0 unspecified atom stereocenters. The topological polar surface area (TPSA) is 67.8 Å². The van der Waals surface area contributed by atoms with Gasteiger partial charge in [0.15, 0.2) is 0 Å². The van der Waals surface area contributed by atoms with Gasteiger partial charge in [-0.15, -0.1) is 0 Å². The van der Waals surface area contributed by atoms with Crippen molar-refractivity contribution in [3.8, 4) is 16.9 Å². The molecule has 26 heavy (non-hydrogen) atoms. The number of H-pyrrole nitrogens is 1. The Bertz CT molecular complexity index is 933. The highest BCUT2D eigenvalue weighted by atomic mass is 16.5. The molecule has 0 atom stereocenters. The van der Waals surface area contributed by atoms with Crippen LogP contribution >= 0.6 is 0 Å². The van der Waals surface area contributed by atoms with E-state index >= 15 is 0 Å². The van der Waals surface area contributed by atoms with E-state index in [2.05, 4.69) is 34.2 Å². The van der Waals surface area contributed by atoms with Crippen molar-refractivity contribution in [3.63, 3.8) is 0 Å². The summed E-state index contributed by atoms with van der Waals surface area (Å²) in [5, 5.41) is 9.04. The van der Waals surface area contributed by atoms with E-state index in [1.807, 2.05) is 37.1 Å². The molecule has 3 aromatic heterocycles. The van der Waals surface area contributed by atoms with Gasteiger partial charge >= 0.3 is 0 Å². The lowest BCUT2D eigenvalue weighted by atomic mass is 9.82. The molecule has 3 aromatic rings. The van der Waals surface area contributed by atoms with Gasteiger partial charge in [0.1, 0.15) is 11.4 Å². The number of nitrogens with one attached hydrogen (secondary N) is 2. The van der Waals surface area contributed by atoms with Crippen molar-refractivity contribution < 1.29 is 4.74 Å². The average Bonchev–Trinajstić information content (AvgIpc) is 3.15. The third-order valence-corrected chi connectivity index (χ3v) is 5.70. The Labute approximate surface area is 154 Å². The number of rotatable bonds is 4. The highest BCUT2D eigenvalue weighted by molar-refractivity contribution is 5.99. The Kier molecular flexibility index (Phi) is 4.23. The molecule has 1 fully saturated rings. The van der Waals surface area contributed by atoms with Crippen molar-refractivity contribution in [1.29, 1.82) is 0 Å². The van der Waals surface area contributed by atoms with Gasteiger partial charge in [0.25, 0.3) is 0 Å². The summed E-state index contributed by atoms with van der Waals surface area (Å²) in [6.45, 7) is 9.32. The predicted molar refractivity (Wildman–Crippen MR) is 103 cm³/mol. The molecule has 138 valence electrons. The molecule has 0 saturated carbocycles.